The van der Waals surface area contributed by atoms with E-state index in [1.54, 1.807) is 18.2 Å². The van der Waals surface area contributed by atoms with Gasteiger partial charge in [0, 0.05) is 16.9 Å². The molecule has 2 saturated heterocycles. The van der Waals surface area contributed by atoms with Crippen LogP contribution in [0.2, 0.25) is 10.0 Å². The van der Waals surface area contributed by atoms with E-state index >= 15 is 0 Å². The number of carbonyl (C=O) groups is 1. The fourth-order valence-corrected chi connectivity index (χ4v) is 7.09. The van der Waals surface area contributed by atoms with Crippen LogP contribution in [-0.2, 0) is 14.6 Å². The third-order valence-electron chi connectivity index (χ3n) is 4.49. The van der Waals surface area contributed by atoms with Crippen LogP contribution in [0.5, 0.6) is 0 Å². The molecule has 0 spiro atoms. The third-order valence-corrected chi connectivity index (χ3v) is 8.44. The van der Waals surface area contributed by atoms with Crippen molar-refractivity contribution in [3.8, 4) is 0 Å². The summed E-state index contributed by atoms with van der Waals surface area (Å²) >= 11 is 13.5. The van der Waals surface area contributed by atoms with Crippen LogP contribution in [0.15, 0.2) is 23.2 Å². The number of amidine groups is 1. The van der Waals surface area contributed by atoms with Gasteiger partial charge in [-0.15, -0.1) is 0 Å². The zero-order valence-electron chi connectivity index (χ0n) is 13.8. The summed E-state index contributed by atoms with van der Waals surface area (Å²) in [5.41, 5.74) is 0.696. The Morgan fingerprint density at radius 3 is 2.72 bits per heavy atom. The topological polar surface area (TPSA) is 66.8 Å². The number of halogens is 2. The Kier molecular flexibility index (Phi) is 5.40. The molecule has 2 aliphatic rings. The molecule has 2 fully saturated rings. The van der Waals surface area contributed by atoms with Gasteiger partial charge >= 0.3 is 0 Å². The molecule has 1 amide bonds. The zero-order chi connectivity index (χ0) is 18.4. The average molecular weight is 421 g/mol. The van der Waals surface area contributed by atoms with Crippen LogP contribution in [0, 0.1) is 5.92 Å². The molecule has 0 aliphatic carbocycles. The highest BCUT2D eigenvalue weighted by Gasteiger charge is 2.49. The first kappa shape index (κ1) is 19.0. The van der Waals surface area contributed by atoms with E-state index in [0.717, 1.165) is 0 Å². The van der Waals surface area contributed by atoms with Crippen LogP contribution in [0.1, 0.15) is 20.3 Å². The van der Waals surface area contributed by atoms with Crippen molar-refractivity contribution in [2.24, 2.45) is 10.9 Å². The lowest BCUT2D eigenvalue weighted by Gasteiger charge is -2.25. The number of aliphatic imine (C=N–C) groups is 1. The Balaban J connectivity index is 2.02. The Morgan fingerprint density at radius 2 is 2.08 bits per heavy atom. The van der Waals surface area contributed by atoms with Crippen molar-refractivity contribution in [1.82, 2.24) is 0 Å². The van der Waals surface area contributed by atoms with Crippen LogP contribution in [0.4, 0.5) is 5.69 Å². The van der Waals surface area contributed by atoms with E-state index in [1.165, 1.54) is 11.8 Å². The Labute approximate surface area is 161 Å². The fourth-order valence-electron chi connectivity index (χ4n) is 2.88. The fraction of sp³-hybridized carbons (Fsp3) is 0.500. The lowest BCUT2D eigenvalue weighted by molar-refractivity contribution is -0.121. The molecule has 25 heavy (non-hydrogen) atoms. The van der Waals surface area contributed by atoms with Gasteiger partial charge in [-0.3, -0.25) is 4.79 Å². The minimum Gasteiger partial charge on any atom is -0.316 e. The summed E-state index contributed by atoms with van der Waals surface area (Å²) in [6.07, 6.45) is 0.703. The summed E-state index contributed by atoms with van der Waals surface area (Å²) in [5, 5.41) is 1.19. The van der Waals surface area contributed by atoms with Crippen molar-refractivity contribution in [3.63, 3.8) is 0 Å². The van der Waals surface area contributed by atoms with Gasteiger partial charge in [-0.25, -0.2) is 8.42 Å². The highest BCUT2D eigenvalue weighted by Crippen LogP contribution is 2.42. The molecule has 9 heteroatoms. The van der Waals surface area contributed by atoms with E-state index in [-0.39, 0.29) is 34.6 Å². The number of rotatable bonds is 3. The third kappa shape index (κ3) is 3.84. The van der Waals surface area contributed by atoms with Gasteiger partial charge in [0.25, 0.3) is 5.91 Å². The smallest absolute Gasteiger partial charge is 0.250 e. The molecule has 1 aromatic carbocycles. The minimum absolute atomic E-state index is 0.0431. The van der Waals surface area contributed by atoms with Crippen molar-refractivity contribution in [2.75, 3.05) is 16.4 Å². The van der Waals surface area contributed by atoms with Gasteiger partial charge in [-0.05, 0) is 24.6 Å². The maximum absolute atomic E-state index is 12.3. The van der Waals surface area contributed by atoms with Crippen molar-refractivity contribution in [3.05, 3.63) is 28.2 Å². The molecule has 5 nitrogen and oxygen atoms in total. The van der Waals surface area contributed by atoms with Gasteiger partial charge in [0.2, 0.25) is 0 Å². The number of hydrogen-bond acceptors (Lipinski definition) is 4. The van der Waals surface area contributed by atoms with E-state index in [9.17, 15) is 13.2 Å². The first-order valence-corrected chi connectivity index (χ1v) is 11.4. The van der Waals surface area contributed by atoms with Crippen molar-refractivity contribution in [1.29, 1.82) is 0 Å². The van der Waals surface area contributed by atoms with Crippen LogP contribution in [0.3, 0.4) is 0 Å². The molecule has 2 heterocycles. The predicted molar refractivity (Wildman–Crippen MR) is 105 cm³/mol. The molecule has 3 atom stereocenters. The molecule has 0 saturated carbocycles. The SMILES string of the molecule is CC[C@@H](C)C(=O)N=C1S[C@H]2CS(=O)(=O)C[C@H]2N1c1ccc(Cl)c(Cl)c1. The van der Waals surface area contributed by atoms with Crippen molar-refractivity contribution >= 4 is 61.6 Å². The second-order valence-corrected chi connectivity index (χ2v) is 10.5. The van der Waals surface area contributed by atoms with Crippen LogP contribution >= 0.6 is 35.0 Å². The molecule has 0 bridgehead atoms. The van der Waals surface area contributed by atoms with E-state index in [2.05, 4.69) is 4.99 Å². The Morgan fingerprint density at radius 1 is 1.36 bits per heavy atom. The van der Waals surface area contributed by atoms with Gasteiger partial charge in [-0.1, -0.05) is 48.8 Å². The molecule has 136 valence electrons. The maximum atomic E-state index is 12.3. The average Bonchev–Trinajstić information content (AvgIpc) is 3.00. The zero-order valence-corrected chi connectivity index (χ0v) is 16.9. The highest BCUT2D eigenvalue weighted by molar-refractivity contribution is 8.16. The molecular formula is C16H18Cl2N2O3S2. The summed E-state index contributed by atoms with van der Waals surface area (Å²) in [6, 6.07) is 4.86. The predicted octanol–water partition coefficient (Wildman–Crippen LogP) is 3.64. The second kappa shape index (κ2) is 7.10. The van der Waals surface area contributed by atoms with Gasteiger partial charge < -0.3 is 4.90 Å². The standard InChI is InChI=1S/C16H18Cl2N2O3S2/c1-3-9(2)15(21)19-16-20(10-4-5-11(17)12(18)6-10)13-7-25(22,23)8-14(13)24-16/h4-6,9,13-14H,3,7-8H2,1-2H3/t9-,13-,14+/m1/s1. The number of benzene rings is 1. The number of sulfone groups is 1. The summed E-state index contributed by atoms with van der Waals surface area (Å²) in [4.78, 5) is 18.4. The first-order valence-electron chi connectivity index (χ1n) is 7.95. The maximum Gasteiger partial charge on any atom is 0.250 e. The molecule has 1 aromatic rings. The molecule has 0 radical (unpaired) electrons. The molecular weight excluding hydrogens is 403 g/mol. The lowest BCUT2D eigenvalue weighted by Crippen LogP contribution is -2.37. The van der Waals surface area contributed by atoms with Crippen molar-refractivity contribution in [2.45, 2.75) is 31.6 Å². The number of fused-ring (bicyclic) bond motifs is 1. The molecule has 0 aromatic heterocycles. The van der Waals surface area contributed by atoms with Gasteiger partial charge in [0.15, 0.2) is 15.0 Å². The first-order chi connectivity index (χ1) is 11.7. The second-order valence-electron chi connectivity index (χ2n) is 6.31. The Bertz CT molecular complexity index is 842. The summed E-state index contributed by atoms with van der Waals surface area (Å²) in [5.74, 6) is -0.233. The van der Waals surface area contributed by atoms with E-state index in [1.807, 2.05) is 18.7 Å². The number of thioether (sulfide) groups is 1. The minimum atomic E-state index is -3.10. The summed E-state index contributed by atoms with van der Waals surface area (Å²) < 4.78 is 24.1. The molecule has 3 rings (SSSR count). The quantitative estimate of drug-likeness (QED) is 0.746. The summed E-state index contributed by atoms with van der Waals surface area (Å²) in [6.45, 7) is 3.77. The largest absolute Gasteiger partial charge is 0.316 e. The highest BCUT2D eigenvalue weighted by atomic mass is 35.5. The normalized spacial score (nSPS) is 27.5. The monoisotopic (exact) mass is 420 g/mol. The van der Waals surface area contributed by atoms with Crippen LogP contribution < -0.4 is 4.90 Å². The molecule has 0 unspecified atom stereocenters. The van der Waals surface area contributed by atoms with Crippen molar-refractivity contribution < 1.29 is 13.2 Å². The van der Waals surface area contributed by atoms with E-state index < -0.39 is 9.84 Å². The lowest BCUT2D eigenvalue weighted by atomic mass is 10.1. The van der Waals surface area contributed by atoms with Gasteiger partial charge in [0.1, 0.15) is 0 Å². The number of amides is 1. The number of anilines is 1. The Hall–Kier alpha value is -0.760. The molecule has 0 N–H and O–H groups in total. The van der Waals surface area contributed by atoms with Crippen LogP contribution in [-0.4, -0.2) is 42.3 Å². The number of carbonyl (C=O) groups excluding carboxylic acids is 1. The molecule has 2 aliphatic heterocycles. The number of nitrogens with zero attached hydrogens (tertiary/aromatic N) is 2. The number of hydrogen-bond donors (Lipinski definition) is 0. The van der Waals surface area contributed by atoms with Crippen LogP contribution in [0.25, 0.3) is 0 Å². The van der Waals surface area contributed by atoms with Gasteiger partial charge in [0.05, 0.1) is 27.6 Å². The van der Waals surface area contributed by atoms with E-state index in [0.29, 0.717) is 27.3 Å². The van der Waals surface area contributed by atoms with E-state index in [4.69, 9.17) is 23.2 Å². The van der Waals surface area contributed by atoms with Gasteiger partial charge in [-0.2, -0.15) is 4.99 Å². The summed E-state index contributed by atoms with van der Waals surface area (Å²) in [7, 11) is -3.10.